The van der Waals surface area contributed by atoms with Crippen LogP contribution in [0.15, 0.2) is 0 Å². The Kier molecular flexibility index (Phi) is 15.5. The summed E-state index contributed by atoms with van der Waals surface area (Å²) in [6.45, 7) is 8.46. The van der Waals surface area contributed by atoms with Crippen LogP contribution >= 0.6 is 0 Å². The van der Waals surface area contributed by atoms with Crippen LogP contribution in [-0.4, -0.2) is 25.2 Å². The van der Waals surface area contributed by atoms with Crippen LogP contribution in [0, 0.1) is 5.41 Å². The molecule has 0 fully saturated rings. The highest BCUT2D eigenvalue weighted by atomic mass is 16.6. The molecule has 0 aliphatic heterocycles. The van der Waals surface area contributed by atoms with E-state index in [9.17, 15) is 9.59 Å². The third-order valence-electron chi connectivity index (χ3n) is 5.00. The Morgan fingerprint density at radius 1 is 0.577 bits per heavy atom. The van der Waals surface area contributed by atoms with Gasteiger partial charge < -0.3 is 9.47 Å². The highest BCUT2D eigenvalue weighted by Crippen LogP contribution is 2.35. The molecule has 0 unspecified atom stereocenters. The lowest BCUT2D eigenvalue weighted by molar-refractivity contribution is -0.173. The van der Waals surface area contributed by atoms with Crippen molar-refractivity contribution in [2.45, 2.75) is 111 Å². The molecule has 0 saturated carbocycles. The normalized spacial score (nSPS) is 11.4. The van der Waals surface area contributed by atoms with Crippen molar-refractivity contribution in [3.8, 4) is 0 Å². The van der Waals surface area contributed by atoms with E-state index < -0.39 is 17.4 Å². The lowest BCUT2D eigenvalue weighted by atomic mass is 9.78. The third kappa shape index (κ3) is 9.59. The van der Waals surface area contributed by atoms with Gasteiger partial charge in [-0.15, -0.1) is 0 Å². The van der Waals surface area contributed by atoms with Crippen molar-refractivity contribution in [2.75, 3.05) is 13.2 Å². The Morgan fingerprint density at radius 2 is 0.962 bits per heavy atom. The monoisotopic (exact) mass is 370 g/mol. The van der Waals surface area contributed by atoms with Crippen LogP contribution in [0.25, 0.3) is 0 Å². The van der Waals surface area contributed by atoms with Gasteiger partial charge in [0.25, 0.3) is 0 Å². The molecule has 0 bridgehead atoms. The predicted octanol–water partition coefficient (Wildman–Crippen LogP) is 6.21. The summed E-state index contributed by atoms with van der Waals surface area (Å²) in [5.41, 5.74) is -1.11. The second kappa shape index (κ2) is 16.1. The molecule has 0 aromatic heterocycles. The van der Waals surface area contributed by atoms with Gasteiger partial charge in [0.15, 0.2) is 5.41 Å². The molecule has 0 aromatic carbocycles. The van der Waals surface area contributed by atoms with Gasteiger partial charge in [0.05, 0.1) is 13.2 Å². The van der Waals surface area contributed by atoms with Gasteiger partial charge in [0.2, 0.25) is 0 Å². The number of carbonyl (C=O) groups excluding carboxylic acids is 2. The van der Waals surface area contributed by atoms with Crippen molar-refractivity contribution in [3.05, 3.63) is 0 Å². The zero-order valence-electron chi connectivity index (χ0n) is 17.7. The fourth-order valence-electron chi connectivity index (χ4n) is 3.37. The molecule has 4 nitrogen and oxygen atoms in total. The Morgan fingerprint density at radius 3 is 1.38 bits per heavy atom. The number of ether oxygens (including phenoxy) is 2. The van der Waals surface area contributed by atoms with E-state index in [-0.39, 0.29) is 0 Å². The number of esters is 2. The molecule has 0 aliphatic rings. The maximum Gasteiger partial charge on any atom is 0.323 e. The van der Waals surface area contributed by atoms with Gasteiger partial charge in [0.1, 0.15) is 0 Å². The molecular weight excluding hydrogens is 328 g/mol. The second-order valence-electron chi connectivity index (χ2n) is 7.21. The molecule has 0 rings (SSSR count). The Balaban J connectivity index is 4.58. The SMILES string of the molecule is CCCCCCCCCCCC(CCCC)(C(=O)OCC)C(=O)OCC. The van der Waals surface area contributed by atoms with Gasteiger partial charge in [-0.1, -0.05) is 84.5 Å². The smallest absolute Gasteiger partial charge is 0.323 e. The molecule has 0 radical (unpaired) electrons. The highest BCUT2D eigenvalue weighted by Gasteiger charge is 2.47. The number of carbonyl (C=O) groups is 2. The zero-order chi connectivity index (χ0) is 19.7. The van der Waals surface area contributed by atoms with Crippen molar-refractivity contribution in [1.29, 1.82) is 0 Å². The molecule has 0 spiro atoms. The topological polar surface area (TPSA) is 52.6 Å². The van der Waals surface area contributed by atoms with E-state index in [0.29, 0.717) is 26.1 Å². The van der Waals surface area contributed by atoms with Gasteiger partial charge in [-0.25, -0.2) is 0 Å². The first-order valence-electron chi connectivity index (χ1n) is 10.9. The van der Waals surface area contributed by atoms with Gasteiger partial charge >= 0.3 is 11.9 Å². The number of hydrogen-bond acceptors (Lipinski definition) is 4. The fraction of sp³-hybridized carbons (Fsp3) is 0.909. The maximum absolute atomic E-state index is 12.6. The molecule has 0 amide bonds. The van der Waals surface area contributed by atoms with Gasteiger partial charge in [-0.2, -0.15) is 0 Å². The minimum absolute atomic E-state index is 0.296. The molecule has 26 heavy (non-hydrogen) atoms. The van der Waals surface area contributed by atoms with E-state index in [0.717, 1.165) is 25.7 Å². The van der Waals surface area contributed by atoms with E-state index in [4.69, 9.17) is 9.47 Å². The summed E-state index contributed by atoms with van der Waals surface area (Å²) in [4.78, 5) is 25.3. The Bertz CT molecular complexity index is 347. The summed E-state index contributed by atoms with van der Waals surface area (Å²) < 4.78 is 10.5. The van der Waals surface area contributed by atoms with Crippen molar-refractivity contribution in [2.24, 2.45) is 5.41 Å². The lowest BCUT2D eigenvalue weighted by Gasteiger charge is -2.29. The molecule has 0 saturated heterocycles. The molecule has 4 heteroatoms. The van der Waals surface area contributed by atoms with Gasteiger partial charge in [-0.3, -0.25) is 9.59 Å². The van der Waals surface area contributed by atoms with Crippen molar-refractivity contribution in [1.82, 2.24) is 0 Å². The first kappa shape index (κ1) is 24.9. The molecule has 0 aromatic rings. The average Bonchev–Trinajstić information content (AvgIpc) is 2.63. The molecule has 0 N–H and O–H groups in total. The standard InChI is InChI=1S/C22H42O4/c1-5-9-11-12-13-14-15-16-17-19-22(18-10-6-2,20(23)25-7-3)21(24)26-8-4/h5-19H2,1-4H3. The van der Waals surface area contributed by atoms with E-state index in [1.807, 2.05) is 0 Å². The van der Waals surface area contributed by atoms with Crippen LogP contribution in [0.1, 0.15) is 111 Å². The van der Waals surface area contributed by atoms with Gasteiger partial charge in [0, 0.05) is 0 Å². The summed E-state index contributed by atoms with van der Waals surface area (Å²) in [5.74, 6) is -0.794. The van der Waals surface area contributed by atoms with Crippen LogP contribution in [0.3, 0.4) is 0 Å². The average molecular weight is 371 g/mol. The summed E-state index contributed by atoms with van der Waals surface area (Å²) >= 11 is 0. The fourth-order valence-corrected chi connectivity index (χ4v) is 3.37. The van der Waals surface area contributed by atoms with Crippen LogP contribution in [0.5, 0.6) is 0 Å². The largest absolute Gasteiger partial charge is 0.465 e. The number of unbranched alkanes of at least 4 members (excludes halogenated alkanes) is 9. The summed E-state index contributed by atoms with van der Waals surface area (Å²) in [6, 6.07) is 0. The Labute approximate surface area is 161 Å². The van der Waals surface area contributed by atoms with Crippen molar-refractivity contribution in [3.63, 3.8) is 0 Å². The number of rotatable bonds is 17. The third-order valence-corrected chi connectivity index (χ3v) is 5.00. The van der Waals surface area contributed by atoms with Crippen LogP contribution in [0.2, 0.25) is 0 Å². The first-order valence-corrected chi connectivity index (χ1v) is 10.9. The Hall–Kier alpha value is -1.06. The minimum Gasteiger partial charge on any atom is -0.465 e. The molecule has 0 aliphatic carbocycles. The second-order valence-corrected chi connectivity index (χ2v) is 7.21. The van der Waals surface area contributed by atoms with Crippen LogP contribution in [0.4, 0.5) is 0 Å². The lowest BCUT2D eigenvalue weighted by Crippen LogP contribution is -2.42. The van der Waals surface area contributed by atoms with E-state index in [2.05, 4.69) is 13.8 Å². The van der Waals surface area contributed by atoms with Crippen molar-refractivity contribution < 1.29 is 19.1 Å². The highest BCUT2D eigenvalue weighted by molar-refractivity contribution is 6.00. The zero-order valence-corrected chi connectivity index (χ0v) is 17.7. The van der Waals surface area contributed by atoms with E-state index in [1.54, 1.807) is 13.8 Å². The van der Waals surface area contributed by atoms with Crippen LogP contribution < -0.4 is 0 Å². The maximum atomic E-state index is 12.6. The van der Waals surface area contributed by atoms with Gasteiger partial charge in [-0.05, 0) is 26.7 Å². The minimum atomic E-state index is -1.11. The summed E-state index contributed by atoms with van der Waals surface area (Å²) in [7, 11) is 0. The summed E-state index contributed by atoms with van der Waals surface area (Å²) in [5, 5.41) is 0. The molecular formula is C22H42O4. The molecule has 154 valence electrons. The quantitative estimate of drug-likeness (QED) is 0.173. The summed E-state index contributed by atoms with van der Waals surface area (Å²) in [6.07, 6.45) is 13.7. The predicted molar refractivity (Wildman–Crippen MR) is 107 cm³/mol. The first-order chi connectivity index (χ1) is 12.6. The van der Waals surface area contributed by atoms with Crippen molar-refractivity contribution >= 4 is 11.9 Å². The molecule has 0 atom stereocenters. The number of hydrogen-bond donors (Lipinski definition) is 0. The van der Waals surface area contributed by atoms with E-state index in [1.165, 1.54) is 44.9 Å². The molecule has 0 heterocycles. The van der Waals surface area contributed by atoms with Crippen LogP contribution in [-0.2, 0) is 19.1 Å². The van der Waals surface area contributed by atoms with E-state index >= 15 is 0 Å².